The molecule has 3 N–H and O–H groups in total. The topological polar surface area (TPSA) is 100 Å². The van der Waals surface area contributed by atoms with Crippen molar-refractivity contribution >= 4 is 70.1 Å². The van der Waals surface area contributed by atoms with Gasteiger partial charge in [0.15, 0.2) is 0 Å². The minimum atomic E-state index is -0.511. The lowest BCUT2D eigenvalue weighted by atomic mass is 10.2. The van der Waals surface area contributed by atoms with E-state index in [1.165, 1.54) is 11.8 Å². The van der Waals surface area contributed by atoms with E-state index < -0.39 is 11.8 Å². The highest BCUT2D eigenvalue weighted by Gasteiger charge is 2.15. The van der Waals surface area contributed by atoms with Gasteiger partial charge in [0.25, 0.3) is 11.8 Å². The maximum Gasteiger partial charge on any atom is 0.272 e. The number of benzene rings is 3. The van der Waals surface area contributed by atoms with Gasteiger partial charge < -0.3 is 16.0 Å². The largest absolute Gasteiger partial charge is 0.325 e. The van der Waals surface area contributed by atoms with Crippen LogP contribution in [0.4, 0.5) is 11.4 Å². The van der Waals surface area contributed by atoms with Crippen molar-refractivity contribution in [3.63, 3.8) is 0 Å². The van der Waals surface area contributed by atoms with Gasteiger partial charge >= 0.3 is 0 Å². The van der Waals surface area contributed by atoms with Crippen LogP contribution in [0.2, 0.25) is 10.0 Å². The second-order valence-corrected chi connectivity index (χ2v) is 9.98. The number of hydrogen-bond donors (Lipinski definition) is 3. The number of carbonyl (C=O) groups is 3. The Bertz CT molecular complexity index is 1520. The zero-order valence-corrected chi connectivity index (χ0v) is 22.7. The lowest BCUT2D eigenvalue weighted by Crippen LogP contribution is -2.30. The molecule has 1 aromatic heterocycles. The molecule has 7 nitrogen and oxygen atoms in total. The van der Waals surface area contributed by atoms with Crippen LogP contribution >= 0.6 is 35.0 Å². The highest BCUT2D eigenvalue weighted by molar-refractivity contribution is 8.00. The zero-order chi connectivity index (χ0) is 27.6. The first-order valence-electron chi connectivity index (χ1n) is 11.6. The Hall–Kier alpha value is -4.11. The molecule has 3 aromatic carbocycles. The molecule has 0 atom stereocenters. The zero-order valence-electron chi connectivity index (χ0n) is 20.4. The summed E-state index contributed by atoms with van der Waals surface area (Å²) in [5.41, 5.74) is 2.16. The van der Waals surface area contributed by atoms with Crippen molar-refractivity contribution in [3.8, 4) is 0 Å². The molecule has 0 saturated heterocycles. The first-order chi connectivity index (χ1) is 18.9. The summed E-state index contributed by atoms with van der Waals surface area (Å²) in [7, 11) is 0. The maximum absolute atomic E-state index is 13.2. The Labute approximate surface area is 239 Å². The standard InChI is InChI=1S/C29H22Cl2N4O3S/c30-24-12-11-22(16-25(24)31)33-27(36)18-39-23-10-4-9-21(15-23)34-29(38)26(14-19-6-5-13-32-17-19)35-28(37)20-7-2-1-3-8-20/h1-17H,18H2,(H,33,36)(H,34,38)(H,35,37)/b26-14-. The first kappa shape index (κ1) is 27.9. The third kappa shape index (κ3) is 8.44. The third-order valence-corrected chi connectivity index (χ3v) is 6.92. The Kier molecular flexibility index (Phi) is 9.74. The Morgan fingerprint density at radius 3 is 2.36 bits per heavy atom. The van der Waals surface area contributed by atoms with Crippen LogP contribution in [-0.4, -0.2) is 28.5 Å². The SMILES string of the molecule is O=C(CSc1cccc(NC(=O)/C(=C/c2cccnc2)NC(=O)c2ccccc2)c1)Nc1ccc(Cl)c(Cl)c1. The number of anilines is 2. The fraction of sp³-hybridized carbons (Fsp3) is 0.0345. The summed E-state index contributed by atoms with van der Waals surface area (Å²) >= 11 is 13.2. The molecule has 4 aromatic rings. The van der Waals surface area contributed by atoms with E-state index in [4.69, 9.17) is 23.2 Å². The molecule has 10 heteroatoms. The van der Waals surface area contributed by atoms with Crippen molar-refractivity contribution in [3.05, 3.63) is 124 Å². The molecule has 3 amide bonds. The summed E-state index contributed by atoms with van der Waals surface area (Å²) in [6, 6.07) is 24.0. The van der Waals surface area contributed by atoms with E-state index in [2.05, 4.69) is 20.9 Å². The second kappa shape index (κ2) is 13.6. The van der Waals surface area contributed by atoms with E-state index in [0.717, 1.165) is 4.90 Å². The highest BCUT2D eigenvalue weighted by Crippen LogP contribution is 2.26. The van der Waals surface area contributed by atoms with Gasteiger partial charge in [0, 0.05) is 34.2 Å². The molecule has 0 spiro atoms. The number of halogens is 2. The number of amides is 3. The predicted molar refractivity (Wildman–Crippen MR) is 157 cm³/mol. The van der Waals surface area contributed by atoms with Crippen molar-refractivity contribution in [1.82, 2.24) is 10.3 Å². The van der Waals surface area contributed by atoms with E-state index >= 15 is 0 Å². The molecule has 0 saturated carbocycles. The smallest absolute Gasteiger partial charge is 0.272 e. The summed E-state index contributed by atoms with van der Waals surface area (Å²) in [5.74, 6) is -1.02. The van der Waals surface area contributed by atoms with Gasteiger partial charge in [0.05, 0.1) is 15.8 Å². The molecule has 0 radical (unpaired) electrons. The van der Waals surface area contributed by atoms with Crippen molar-refractivity contribution in [2.24, 2.45) is 0 Å². The lowest BCUT2D eigenvalue weighted by Gasteiger charge is -2.12. The summed E-state index contributed by atoms with van der Waals surface area (Å²) in [6.45, 7) is 0. The molecule has 4 rings (SSSR count). The second-order valence-electron chi connectivity index (χ2n) is 8.11. The van der Waals surface area contributed by atoms with Crippen LogP contribution in [0.15, 0.2) is 108 Å². The number of hydrogen-bond acceptors (Lipinski definition) is 5. The molecular weight excluding hydrogens is 555 g/mol. The van der Waals surface area contributed by atoms with Gasteiger partial charge in [0.1, 0.15) is 5.70 Å². The monoisotopic (exact) mass is 576 g/mol. The van der Waals surface area contributed by atoms with Crippen LogP contribution < -0.4 is 16.0 Å². The van der Waals surface area contributed by atoms with Crippen molar-refractivity contribution < 1.29 is 14.4 Å². The molecule has 39 heavy (non-hydrogen) atoms. The first-order valence-corrected chi connectivity index (χ1v) is 13.4. The van der Waals surface area contributed by atoms with E-state index in [0.29, 0.717) is 32.5 Å². The number of nitrogens with one attached hydrogen (secondary N) is 3. The van der Waals surface area contributed by atoms with Crippen LogP contribution in [0.3, 0.4) is 0 Å². The van der Waals surface area contributed by atoms with Crippen molar-refractivity contribution in [1.29, 1.82) is 0 Å². The fourth-order valence-electron chi connectivity index (χ4n) is 3.35. The van der Waals surface area contributed by atoms with Crippen molar-refractivity contribution in [2.75, 3.05) is 16.4 Å². The normalized spacial score (nSPS) is 11.0. The minimum absolute atomic E-state index is 0.0518. The predicted octanol–water partition coefficient (Wildman–Crippen LogP) is 6.53. The number of pyridine rings is 1. The molecule has 0 unspecified atom stereocenters. The third-order valence-electron chi connectivity index (χ3n) is 5.19. The van der Waals surface area contributed by atoms with Gasteiger partial charge in [-0.3, -0.25) is 19.4 Å². The average Bonchev–Trinajstić information content (AvgIpc) is 2.95. The van der Waals surface area contributed by atoms with Crippen molar-refractivity contribution in [2.45, 2.75) is 4.90 Å². The van der Waals surface area contributed by atoms with Gasteiger partial charge in [0.2, 0.25) is 5.91 Å². The van der Waals surface area contributed by atoms with Crippen LogP contribution in [0.25, 0.3) is 6.08 Å². The minimum Gasteiger partial charge on any atom is -0.325 e. The van der Waals surface area contributed by atoms with E-state index in [1.807, 2.05) is 6.07 Å². The van der Waals surface area contributed by atoms with Gasteiger partial charge in [-0.1, -0.05) is 53.5 Å². The van der Waals surface area contributed by atoms with Crippen LogP contribution in [0, 0.1) is 0 Å². The Morgan fingerprint density at radius 2 is 1.62 bits per heavy atom. The van der Waals surface area contributed by atoms with Gasteiger partial charge in [-0.05, 0) is 66.2 Å². The van der Waals surface area contributed by atoms with E-state index in [-0.39, 0.29) is 17.4 Å². The number of carbonyl (C=O) groups excluding carboxylic acids is 3. The van der Waals surface area contributed by atoms with Gasteiger partial charge in [-0.15, -0.1) is 11.8 Å². The van der Waals surface area contributed by atoms with Crippen LogP contribution in [0.5, 0.6) is 0 Å². The molecule has 196 valence electrons. The molecule has 0 fully saturated rings. The number of aromatic nitrogens is 1. The summed E-state index contributed by atoms with van der Waals surface area (Å²) < 4.78 is 0. The fourth-order valence-corrected chi connectivity index (χ4v) is 4.41. The Balaban J connectivity index is 1.42. The van der Waals surface area contributed by atoms with Gasteiger partial charge in [-0.2, -0.15) is 0 Å². The molecule has 0 aliphatic carbocycles. The van der Waals surface area contributed by atoms with E-state index in [9.17, 15) is 14.4 Å². The molecule has 0 aliphatic heterocycles. The Morgan fingerprint density at radius 1 is 0.821 bits per heavy atom. The van der Waals surface area contributed by atoms with Crippen LogP contribution in [-0.2, 0) is 9.59 Å². The number of thioether (sulfide) groups is 1. The molecule has 0 aliphatic rings. The summed E-state index contributed by atoms with van der Waals surface area (Å²) in [5, 5.41) is 9.03. The number of rotatable bonds is 9. The lowest BCUT2D eigenvalue weighted by molar-refractivity contribution is -0.114. The van der Waals surface area contributed by atoms with Crippen LogP contribution in [0.1, 0.15) is 15.9 Å². The highest BCUT2D eigenvalue weighted by atomic mass is 35.5. The molecule has 1 heterocycles. The summed E-state index contributed by atoms with van der Waals surface area (Å²) in [6.07, 6.45) is 4.76. The van der Waals surface area contributed by atoms with Gasteiger partial charge in [-0.25, -0.2) is 0 Å². The molecule has 0 bridgehead atoms. The molecular formula is C29H22Cl2N4O3S. The maximum atomic E-state index is 13.2. The average molecular weight is 577 g/mol. The van der Waals surface area contributed by atoms with E-state index in [1.54, 1.807) is 97.3 Å². The quantitative estimate of drug-likeness (QED) is 0.155. The number of nitrogens with zero attached hydrogens (tertiary/aromatic N) is 1. The summed E-state index contributed by atoms with van der Waals surface area (Å²) in [4.78, 5) is 43.2.